The Morgan fingerprint density at radius 2 is 1.46 bits per heavy atom. The average Bonchev–Trinajstić information content (AvgIpc) is 2.91. The van der Waals surface area contributed by atoms with Gasteiger partial charge < -0.3 is 0 Å². The molecule has 0 N–H and O–H groups in total. The van der Waals surface area contributed by atoms with E-state index in [2.05, 4.69) is 15.0 Å². The molecular formula is C26H21N3O4S2. The zero-order valence-corrected chi connectivity index (χ0v) is 20.9. The van der Waals surface area contributed by atoms with Gasteiger partial charge in [-0.3, -0.25) is 0 Å². The molecule has 1 aliphatic heterocycles. The highest BCUT2D eigenvalue weighted by Gasteiger charge is 2.36. The molecule has 0 atom stereocenters. The van der Waals surface area contributed by atoms with E-state index in [1.807, 2.05) is 45.0 Å². The number of aliphatic imine (C=N–C) groups is 1. The molecule has 35 heavy (non-hydrogen) atoms. The van der Waals surface area contributed by atoms with E-state index >= 15 is 0 Å². The second-order valence-electron chi connectivity index (χ2n) is 8.48. The first kappa shape index (κ1) is 23.1. The number of fused-ring (bicyclic) bond motifs is 2. The molecule has 0 bridgehead atoms. The standard InChI is InChI=1S/C26H21N3O4S2/c1-16-7-10-20(11-8-16)34(30,31)25-24-26(28-15-27-25)35(32,33)22-12-9-18(3)14-21(22)23(29-24)19-6-4-5-17(2)13-19/h4-15H,1-3H3. The maximum Gasteiger partial charge on any atom is 0.226 e. The van der Waals surface area contributed by atoms with E-state index in [4.69, 9.17) is 0 Å². The van der Waals surface area contributed by atoms with Crippen LogP contribution >= 0.6 is 0 Å². The molecule has 0 fully saturated rings. The second-order valence-corrected chi connectivity index (χ2v) is 12.2. The van der Waals surface area contributed by atoms with E-state index in [0.717, 1.165) is 23.0 Å². The topological polar surface area (TPSA) is 106 Å². The lowest BCUT2D eigenvalue weighted by Crippen LogP contribution is -2.11. The molecule has 4 aromatic rings. The van der Waals surface area contributed by atoms with Crippen LogP contribution in [0.3, 0.4) is 0 Å². The zero-order chi connectivity index (χ0) is 25.0. The van der Waals surface area contributed by atoms with Crippen LogP contribution in [0, 0.1) is 20.8 Å². The molecule has 0 saturated heterocycles. The molecule has 1 aromatic heterocycles. The largest absolute Gasteiger partial charge is 0.242 e. The van der Waals surface area contributed by atoms with Crippen molar-refractivity contribution in [2.24, 2.45) is 4.99 Å². The number of sulfone groups is 2. The summed E-state index contributed by atoms with van der Waals surface area (Å²) in [5.74, 6) is 0. The third-order valence-electron chi connectivity index (χ3n) is 5.79. The normalized spacial score (nSPS) is 14.4. The van der Waals surface area contributed by atoms with Gasteiger partial charge >= 0.3 is 0 Å². The highest BCUT2D eigenvalue weighted by atomic mass is 32.2. The molecule has 5 rings (SSSR count). The molecule has 0 radical (unpaired) electrons. The molecule has 1 aliphatic rings. The van der Waals surface area contributed by atoms with E-state index < -0.39 is 29.7 Å². The van der Waals surface area contributed by atoms with Crippen molar-refractivity contribution in [3.05, 3.63) is 101 Å². The molecule has 9 heteroatoms. The summed E-state index contributed by atoms with van der Waals surface area (Å²) in [5.41, 5.74) is 3.75. The molecule has 3 aromatic carbocycles. The van der Waals surface area contributed by atoms with Crippen molar-refractivity contribution < 1.29 is 16.8 Å². The maximum atomic E-state index is 13.8. The van der Waals surface area contributed by atoms with Gasteiger partial charge in [-0.15, -0.1) is 0 Å². The van der Waals surface area contributed by atoms with E-state index in [-0.39, 0.29) is 15.5 Å². The van der Waals surface area contributed by atoms with Crippen LogP contribution < -0.4 is 0 Å². The van der Waals surface area contributed by atoms with Crippen LogP contribution in [0.1, 0.15) is 27.8 Å². The minimum absolute atomic E-state index is 0.00805. The molecular weight excluding hydrogens is 482 g/mol. The zero-order valence-electron chi connectivity index (χ0n) is 19.2. The predicted octanol–water partition coefficient (Wildman–Crippen LogP) is 4.55. The third kappa shape index (κ3) is 3.86. The van der Waals surface area contributed by atoms with Crippen molar-refractivity contribution in [3.8, 4) is 0 Å². The molecule has 7 nitrogen and oxygen atoms in total. The average molecular weight is 504 g/mol. The number of aromatic nitrogens is 2. The summed E-state index contributed by atoms with van der Waals surface area (Å²) in [5, 5.41) is -0.893. The minimum Gasteiger partial charge on any atom is -0.242 e. The van der Waals surface area contributed by atoms with Gasteiger partial charge in [0.2, 0.25) is 19.7 Å². The molecule has 0 spiro atoms. The summed E-state index contributed by atoms with van der Waals surface area (Å²) in [4.78, 5) is 12.7. The van der Waals surface area contributed by atoms with Crippen molar-refractivity contribution >= 4 is 31.1 Å². The smallest absolute Gasteiger partial charge is 0.226 e. The van der Waals surface area contributed by atoms with Crippen molar-refractivity contribution in [2.45, 2.75) is 40.6 Å². The summed E-state index contributed by atoms with van der Waals surface area (Å²) < 4.78 is 54.8. The Hall–Kier alpha value is -3.69. The van der Waals surface area contributed by atoms with Gasteiger partial charge in [-0.05, 0) is 51.1 Å². The fourth-order valence-corrected chi connectivity index (χ4v) is 6.87. The monoisotopic (exact) mass is 503 g/mol. The van der Waals surface area contributed by atoms with Crippen LogP contribution in [-0.4, -0.2) is 32.5 Å². The molecule has 0 unspecified atom stereocenters. The number of hydrogen-bond donors (Lipinski definition) is 0. The van der Waals surface area contributed by atoms with Crippen LogP contribution in [-0.2, 0) is 19.7 Å². The summed E-state index contributed by atoms with van der Waals surface area (Å²) >= 11 is 0. The fourth-order valence-electron chi connectivity index (χ4n) is 4.02. The lowest BCUT2D eigenvalue weighted by atomic mass is 9.99. The first-order valence-electron chi connectivity index (χ1n) is 10.8. The second kappa shape index (κ2) is 8.21. The fraction of sp³-hybridized carbons (Fsp3) is 0.115. The molecule has 0 amide bonds. The van der Waals surface area contributed by atoms with Crippen molar-refractivity contribution in [1.82, 2.24) is 9.97 Å². The van der Waals surface area contributed by atoms with Gasteiger partial charge in [-0.25, -0.2) is 31.8 Å². The molecule has 176 valence electrons. The predicted molar refractivity (Wildman–Crippen MR) is 132 cm³/mol. The Bertz CT molecular complexity index is 1740. The van der Waals surface area contributed by atoms with Gasteiger partial charge in [0.15, 0.2) is 10.1 Å². The summed E-state index contributed by atoms with van der Waals surface area (Å²) in [7, 11) is -8.40. The highest BCUT2D eigenvalue weighted by Crippen LogP contribution is 2.40. The Kier molecular flexibility index (Phi) is 5.41. The van der Waals surface area contributed by atoms with Crippen molar-refractivity contribution in [3.63, 3.8) is 0 Å². The van der Waals surface area contributed by atoms with E-state index in [9.17, 15) is 16.8 Å². The number of rotatable bonds is 3. The Morgan fingerprint density at radius 3 is 2.17 bits per heavy atom. The third-order valence-corrected chi connectivity index (χ3v) is 9.23. The van der Waals surface area contributed by atoms with Gasteiger partial charge in [0.25, 0.3) is 0 Å². The number of nitrogens with zero attached hydrogens (tertiary/aromatic N) is 3. The lowest BCUT2D eigenvalue weighted by molar-refractivity contribution is 0.587. The van der Waals surface area contributed by atoms with E-state index in [0.29, 0.717) is 16.8 Å². The maximum absolute atomic E-state index is 13.8. The van der Waals surface area contributed by atoms with Gasteiger partial charge in [0.1, 0.15) is 12.0 Å². The number of benzene rings is 3. The molecule has 2 heterocycles. The van der Waals surface area contributed by atoms with Crippen LogP contribution in [0.4, 0.5) is 5.69 Å². The Balaban J connectivity index is 1.90. The Labute approximate surface area is 204 Å². The van der Waals surface area contributed by atoms with E-state index in [1.54, 1.807) is 24.3 Å². The number of hydrogen-bond acceptors (Lipinski definition) is 7. The van der Waals surface area contributed by atoms with Crippen LogP contribution in [0.15, 0.2) is 97.9 Å². The SMILES string of the molecule is Cc1ccc(S(=O)(=O)c2ncnc3c2N=C(c2cccc(C)c2)c2cc(C)ccc2S3(=O)=O)cc1. The quantitative estimate of drug-likeness (QED) is 0.334. The van der Waals surface area contributed by atoms with Gasteiger partial charge in [-0.1, -0.05) is 53.1 Å². The summed E-state index contributed by atoms with van der Waals surface area (Å²) in [6, 6.07) is 18.7. The molecule has 0 saturated carbocycles. The summed E-state index contributed by atoms with van der Waals surface area (Å²) in [6.07, 6.45) is 0.957. The van der Waals surface area contributed by atoms with Gasteiger partial charge in [0.05, 0.1) is 15.5 Å². The van der Waals surface area contributed by atoms with Gasteiger partial charge in [0, 0.05) is 11.1 Å². The first-order valence-corrected chi connectivity index (χ1v) is 13.7. The van der Waals surface area contributed by atoms with Crippen LogP contribution in [0.25, 0.3) is 0 Å². The summed E-state index contributed by atoms with van der Waals surface area (Å²) in [6.45, 7) is 5.61. The lowest BCUT2D eigenvalue weighted by Gasteiger charge is -2.11. The minimum atomic E-state index is -4.21. The highest BCUT2D eigenvalue weighted by molar-refractivity contribution is 7.92. The Morgan fingerprint density at radius 1 is 0.771 bits per heavy atom. The van der Waals surface area contributed by atoms with Crippen molar-refractivity contribution in [2.75, 3.05) is 0 Å². The number of aryl methyl sites for hydroxylation is 3. The van der Waals surface area contributed by atoms with Crippen molar-refractivity contribution in [1.29, 1.82) is 0 Å². The van der Waals surface area contributed by atoms with Gasteiger partial charge in [-0.2, -0.15) is 0 Å². The van der Waals surface area contributed by atoms with Crippen LogP contribution in [0.2, 0.25) is 0 Å². The first-order chi connectivity index (χ1) is 16.6. The van der Waals surface area contributed by atoms with E-state index in [1.165, 1.54) is 18.2 Å². The van der Waals surface area contributed by atoms with Crippen LogP contribution in [0.5, 0.6) is 0 Å². The molecule has 0 aliphatic carbocycles.